The SMILES string of the molecule is O=C(O)[C@H](CO)NC(=O)[C@@H]1CCCN1C(=O)[C@H](CO)NC(=O)[C@@H]1CCCN1. The number of hydrogen-bond acceptors (Lipinski definition) is 7. The lowest BCUT2D eigenvalue weighted by Crippen LogP contribution is -2.58. The third-order valence-electron chi connectivity index (χ3n) is 4.81. The summed E-state index contributed by atoms with van der Waals surface area (Å²) in [6.07, 6.45) is 2.34. The second-order valence-corrected chi connectivity index (χ2v) is 6.66. The Balaban J connectivity index is 2.00. The summed E-state index contributed by atoms with van der Waals surface area (Å²) >= 11 is 0. The Kier molecular flexibility index (Phi) is 7.51. The predicted molar refractivity (Wildman–Crippen MR) is 91.4 cm³/mol. The van der Waals surface area contributed by atoms with Crippen molar-refractivity contribution >= 4 is 23.7 Å². The quantitative estimate of drug-likeness (QED) is 0.253. The van der Waals surface area contributed by atoms with Crippen molar-refractivity contribution in [1.82, 2.24) is 20.9 Å². The molecule has 6 N–H and O–H groups in total. The third kappa shape index (κ3) is 5.15. The summed E-state index contributed by atoms with van der Waals surface area (Å²) in [7, 11) is 0. The van der Waals surface area contributed by atoms with E-state index in [1.54, 1.807) is 0 Å². The molecule has 4 atom stereocenters. The average molecular weight is 386 g/mol. The molecule has 11 nitrogen and oxygen atoms in total. The lowest BCUT2D eigenvalue weighted by Gasteiger charge is -2.29. The van der Waals surface area contributed by atoms with Crippen molar-refractivity contribution in [3.05, 3.63) is 0 Å². The van der Waals surface area contributed by atoms with Crippen LogP contribution in [-0.2, 0) is 19.2 Å². The maximum Gasteiger partial charge on any atom is 0.328 e. The molecule has 3 amide bonds. The van der Waals surface area contributed by atoms with Crippen molar-refractivity contribution < 1.29 is 34.5 Å². The molecule has 2 aliphatic heterocycles. The number of likely N-dealkylation sites (tertiary alicyclic amines) is 1. The van der Waals surface area contributed by atoms with Gasteiger partial charge in [0.1, 0.15) is 18.1 Å². The molecule has 152 valence electrons. The van der Waals surface area contributed by atoms with Gasteiger partial charge < -0.3 is 36.2 Å². The monoisotopic (exact) mass is 386 g/mol. The fraction of sp³-hybridized carbons (Fsp3) is 0.750. The van der Waals surface area contributed by atoms with Crippen molar-refractivity contribution in [3.8, 4) is 0 Å². The number of hydrogen-bond donors (Lipinski definition) is 6. The fourth-order valence-electron chi connectivity index (χ4n) is 3.32. The highest BCUT2D eigenvalue weighted by Gasteiger charge is 2.39. The van der Waals surface area contributed by atoms with E-state index in [4.69, 9.17) is 10.2 Å². The summed E-state index contributed by atoms with van der Waals surface area (Å²) in [5.41, 5.74) is 0. The Labute approximate surface area is 156 Å². The zero-order valence-electron chi connectivity index (χ0n) is 14.9. The first kappa shape index (κ1) is 21.1. The second kappa shape index (κ2) is 9.62. The first-order valence-electron chi connectivity index (χ1n) is 8.98. The highest BCUT2D eigenvalue weighted by atomic mass is 16.4. The van der Waals surface area contributed by atoms with Gasteiger partial charge in [0, 0.05) is 6.54 Å². The van der Waals surface area contributed by atoms with Gasteiger partial charge in [-0.2, -0.15) is 0 Å². The molecule has 0 aromatic rings. The van der Waals surface area contributed by atoms with Crippen LogP contribution in [0.3, 0.4) is 0 Å². The van der Waals surface area contributed by atoms with Crippen LogP contribution < -0.4 is 16.0 Å². The van der Waals surface area contributed by atoms with Gasteiger partial charge in [-0.15, -0.1) is 0 Å². The van der Waals surface area contributed by atoms with Gasteiger partial charge in [0.25, 0.3) is 0 Å². The normalized spacial score (nSPS) is 24.3. The molecule has 0 unspecified atom stereocenters. The summed E-state index contributed by atoms with van der Waals surface area (Å²) < 4.78 is 0. The molecule has 0 bridgehead atoms. The van der Waals surface area contributed by atoms with Crippen LogP contribution in [0.25, 0.3) is 0 Å². The summed E-state index contributed by atoms with van der Waals surface area (Å²) in [5, 5.41) is 35.2. The summed E-state index contributed by atoms with van der Waals surface area (Å²) in [4.78, 5) is 49.4. The second-order valence-electron chi connectivity index (χ2n) is 6.66. The van der Waals surface area contributed by atoms with Gasteiger partial charge in [0.05, 0.1) is 19.3 Å². The van der Waals surface area contributed by atoms with Gasteiger partial charge >= 0.3 is 5.97 Å². The first-order chi connectivity index (χ1) is 12.9. The third-order valence-corrected chi connectivity index (χ3v) is 4.81. The zero-order valence-corrected chi connectivity index (χ0v) is 14.9. The molecule has 0 aromatic heterocycles. The van der Waals surface area contributed by atoms with Gasteiger partial charge in [0.15, 0.2) is 0 Å². The minimum absolute atomic E-state index is 0.252. The Morgan fingerprint density at radius 1 is 1.00 bits per heavy atom. The number of carboxylic acids is 1. The first-order valence-corrected chi connectivity index (χ1v) is 8.98. The number of carbonyl (C=O) groups excluding carboxylic acids is 3. The Morgan fingerprint density at radius 2 is 1.67 bits per heavy atom. The molecule has 2 heterocycles. The number of aliphatic carboxylic acids is 1. The lowest BCUT2D eigenvalue weighted by atomic mass is 10.1. The Bertz CT molecular complexity index is 579. The number of aliphatic hydroxyl groups is 2. The van der Waals surface area contributed by atoms with E-state index in [1.165, 1.54) is 4.90 Å². The van der Waals surface area contributed by atoms with Crippen LogP contribution in [0.15, 0.2) is 0 Å². The van der Waals surface area contributed by atoms with Crippen LogP contribution in [0.5, 0.6) is 0 Å². The number of carbonyl (C=O) groups is 4. The van der Waals surface area contributed by atoms with Gasteiger partial charge in [-0.05, 0) is 32.2 Å². The molecular formula is C16H26N4O7. The largest absolute Gasteiger partial charge is 0.480 e. The highest BCUT2D eigenvalue weighted by molar-refractivity contribution is 5.94. The van der Waals surface area contributed by atoms with Gasteiger partial charge in [0.2, 0.25) is 17.7 Å². The van der Waals surface area contributed by atoms with Gasteiger partial charge in [-0.25, -0.2) is 4.79 Å². The molecular weight excluding hydrogens is 360 g/mol. The Hall–Kier alpha value is -2.24. The van der Waals surface area contributed by atoms with E-state index in [9.17, 15) is 24.3 Å². The number of aliphatic hydroxyl groups excluding tert-OH is 2. The van der Waals surface area contributed by atoms with E-state index in [2.05, 4.69) is 16.0 Å². The molecule has 0 aromatic carbocycles. The van der Waals surface area contributed by atoms with Crippen LogP contribution in [0.1, 0.15) is 25.7 Å². The lowest BCUT2D eigenvalue weighted by molar-refractivity contribution is -0.146. The molecule has 11 heteroatoms. The number of nitrogens with one attached hydrogen (secondary N) is 3. The summed E-state index contributed by atoms with van der Waals surface area (Å²) in [6.45, 7) is -0.427. The van der Waals surface area contributed by atoms with Crippen LogP contribution >= 0.6 is 0 Å². The van der Waals surface area contributed by atoms with Crippen molar-refractivity contribution in [2.45, 2.75) is 49.9 Å². The number of rotatable bonds is 8. The minimum Gasteiger partial charge on any atom is -0.480 e. The van der Waals surface area contributed by atoms with Crippen molar-refractivity contribution in [1.29, 1.82) is 0 Å². The van der Waals surface area contributed by atoms with E-state index < -0.39 is 55.2 Å². The highest BCUT2D eigenvalue weighted by Crippen LogP contribution is 2.19. The van der Waals surface area contributed by atoms with Gasteiger partial charge in [-0.3, -0.25) is 14.4 Å². The topological polar surface area (TPSA) is 168 Å². The van der Waals surface area contributed by atoms with Crippen LogP contribution in [0, 0.1) is 0 Å². The van der Waals surface area contributed by atoms with Crippen molar-refractivity contribution in [2.75, 3.05) is 26.3 Å². The molecule has 0 spiro atoms. The van der Waals surface area contributed by atoms with Crippen LogP contribution in [0.4, 0.5) is 0 Å². The van der Waals surface area contributed by atoms with Crippen molar-refractivity contribution in [2.24, 2.45) is 0 Å². The van der Waals surface area contributed by atoms with Crippen LogP contribution in [-0.4, -0.2) is 94.4 Å². The Morgan fingerprint density at radius 3 is 2.22 bits per heavy atom. The number of amides is 3. The maximum atomic E-state index is 12.7. The summed E-state index contributed by atoms with van der Waals surface area (Å²) in [5.74, 6) is -3.06. The fourth-order valence-corrected chi connectivity index (χ4v) is 3.32. The van der Waals surface area contributed by atoms with E-state index in [0.29, 0.717) is 25.8 Å². The molecule has 2 fully saturated rings. The number of nitrogens with zero attached hydrogens (tertiary/aromatic N) is 1. The average Bonchev–Trinajstić information content (AvgIpc) is 3.34. The van der Waals surface area contributed by atoms with Crippen molar-refractivity contribution in [3.63, 3.8) is 0 Å². The van der Waals surface area contributed by atoms with E-state index in [1.807, 2.05) is 0 Å². The predicted octanol–water partition coefficient (Wildman–Crippen LogP) is -3.23. The molecule has 2 aliphatic rings. The minimum atomic E-state index is -1.46. The molecule has 0 saturated carbocycles. The molecule has 2 rings (SSSR count). The molecule has 2 saturated heterocycles. The summed E-state index contributed by atoms with van der Waals surface area (Å²) in [6, 6.07) is -3.97. The smallest absolute Gasteiger partial charge is 0.328 e. The number of carboxylic acid groups (broad SMARTS) is 1. The zero-order chi connectivity index (χ0) is 20.0. The van der Waals surface area contributed by atoms with E-state index in [0.717, 1.165) is 6.42 Å². The molecule has 0 aliphatic carbocycles. The van der Waals surface area contributed by atoms with E-state index >= 15 is 0 Å². The maximum absolute atomic E-state index is 12.7. The van der Waals surface area contributed by atoms with Gasteiger partial charge in [-0.1, -0.05) is 0 Å². The van der Waals surface area contributed by atoms with Crippen LogP contribution in [0.2, 0.25) is 0 Å². The standard InChI is InChI=1S/C16H26N4O7/c21-7-10(18-13(23)9-3-1-5-17-9)15(25)20-6-2-4-12(20)14(24)19-11(8-22)16(26)27/h9-12,17,21-22H,1-8H2,(H,18,23)(H,19,24)(H,26,27)/t9-,10-,11-,12-/m0/s1. The van der Waals surface area contributed by atoms with E-state index in [-0.39, 0.29) is 12.5 Å². The molecule has 27 heavy (non-hydrogen) atoms. The molecule has 0 radical (unpaired) electrons.